The van der Waals surface area contributed by atoms with E-state index in [1.54, 1.807) is 17.0 Å². The maximum Gasteiger partial charge on any atom is 0.292 e. The van der Waals surface area contributed by atoms with Crippen molar-refractivity contribution in [3.8, 4) is 0 Å². The molecule has 114 valence electrons. The van der Waals surface area contributed by atoms with Crippen molar-refractivity contribution in [2.24, 2.45) is 0 Å². The first kappa shape index (κ1) is 14.5. The summed E-state index contributed by atoms with van der Waals surface area (Å²) in [6, 6.07) is 9.48. The standard InChI is InChI=1S/C16H15FN2O3/c17-14-3-1-2-12-6-7-18(9-13(12)14)16-8-11(10-20)4-5-15(16)19(21)22/h1-5,8,20H,6-7,9-10H2. The smallest absolute Gasteiger partial charge is 0.292 e. The van der Waals surface area contributed by atoms with Crippen LogP contribution in [0.1, 0.15) is 16.7 Å². The molecule has 0 aliphatic carbocycles. The summed E-state index contributed by atoms with van der Waals surface area (Å²) in [6.07, 6.45) is 0.633. The van der Waals surface area contributed by atoms with E-state index >= 15 is 0 Å². The predicted octanol–water partition coefficient (Wildman–Crippen LogP) is 2.79. The molecule has 22 heavy (non-hydrogen) atoms. The summed E-state index contributed by atoms with van der Waals surface area (Å²) >= 11 is 0. The van der Waals surface area contributed by atoms with Gasteiger partial charge >= 0.3 is 0 Å². The van der Waals surface area contributed by atoms with Gasteiger partial charge in [0.05, 0.1) is 11.5 Å². The topological polar surface area (TPSA) is 66.6 Å². The van der Waals surface area contributed by atoms with Crippen LogP contribution in [0.25, 0.3) is 0 Å². The lowest BCUT2D eigenvalue weighted by molar-refractivity contribution is -0.384. The van der Waals surface area contributed by atoms with Gasteiger partial charge in [0.1, 0.15) is 11.5 Å². The zero-order valence-corrected chi connectivity index (χ0v) is 11.8. The van der Waals surface area contributed by atoms with Gasteiger partial charge in [-0.2, -0.15) is 0 Å². The zero-order valence-electron chi connectivity index (χ0n) is 11.8. The fourth-order valence-electron chi connectivity index (χ4n) is 2.82. The van der Waals surface area contributed by atoms with E-state index in [0.717, 1.165) is 5.56 Å². The Morgan fingerprint density at radius 3 is 2.86 bits per heavy atom. The number of nitro groups is 1. The average Bonchev–Trinajstić information content (AvgIpc) is 2.54. The summed E-state index contributed by atoms with van der Waals surface area (Å²) in [5.41, 5.74) is 2.51. The molecule has 0 fully saturated rings. The second-order valence-electron chi connectivity index (χ2n) is 5.29. The highest BCUT2D eigenvalue weighted by atomic mass is 19.1. The van der Waals surface area contributed by atoms with Crippen LogP contribution in [0.4, 0.5) is 15.8 Å². The van der Waals surface area contributed by atoms with Gasteiger partial charge in [0.2, 0.25) is 0 Å². The van der Waals surface area contributed by atoms with Crippen molar-refractivity contribution in [1.82, 2.24) is 0 Å². The van der Waals surface area contributed by atoms with Crippen molar-refractivity contribution < 1.29 is 14.4 Å². The molecule has 0 aromatic heterocycles. The van der Waals surface area contributed by atoms with Crippen LogP contribution in [0, 0.1) is 15.9 Å². The molecule has 2 aromatic rings. The number of benzene rings is 2. The summed E-state index contributed by atoms with van der Waals surface area (Å²) in [5, 5.41) is 20.5. The highest BCUT2D eigenvalue weighted by Gasteiger charge is 2.25. The predicted molar refractivity (Wildman–Crippen MR) is 80.2 cm³/mol. The van der Waals surface area contributed by atoms with Gasteiger partial charge in [0.15, 0.2) is 0 Å². The van der Waals surface area contributed by atoms with E-state index in [2.05, 4.69) is 0 Å². The zero-order chi connectivity index (χ0) is 15.7. The third-order valence-corrected chi connectivity index (χ3v) is 3.98. The molecule has 1 aliphatic rings. The maximum atomic E-state index is 14.0. The molecule has 0 unspecified atom stereocenters. The van der Waals surface area contributed by atoms with Gasteiger partial charge in [-0.1, -0.05) is 12.1 Å². The number of aliphatic hydroxyl groups is 1. The molecule has 1 heterocycles. The molecule has 1 N–H and O–H groups in total. The summed E-state index contributed by atoms with van der Waals surface area (Å²) in [5.74, 6) is -0.289. The summed E-state index contributed by atoms with van der Waals surface area (Å²) in [7, 11) is 0. The van der Waals surface area contributed by atoms with Gasteiger partial charge in [0, 0.05) is 24.7 Å². The number of aliphatic hydroxyl groups excluding tert-OH is 1. The molecule has 5 nitrogen and oxygen atoms in total. The Morgan fingerprint density at radius 1 is 1.32 bits per heavy atom. The van der Waals surface area contributed by atoms with Crippen LogP contribution in [0.2, 0.25) is 0 Å². The van der Waals surface area contributed by atoms with E-state index in [4.69, 9.17) is 0 Å². The molecule has 0 saturated carbocycles. The van der Waals surface area contributed by atoms with Gasteiger partial charge in [-0.15, -0.1) is 0 Å². The van der Waals surface area contributed by atoms with Gasteiger partial charge in [0.25, 0.3) is 5.69 Å². The van der Waals surface area contributed by atoms with Crippen LogP contribution in [0.5, 0.6) is 0 Å². The summed E-state index contributed by atoms with van der Waals surface area (Å²) in [6.45, 7) is 0.674. The number of hydrogen-bond acceptors (Lipinski definition) is 4. The minimum Gasteiger partial charge on any atom is -0.392 e. The number of rotatable bonds is 3. The van der Waals surface area contributed by atoms with Crippen LogP contribution in [0.15, 0.2) is 36.4 Å². The van der Waals surface area contributed by atoms with Gasteiger partial charge < -0.3 is 10.0 Å². The largest absolute Gasteiger partial charge is 0.392 e. The van der Waals surface area contributed by atoms with E-state index < -0.39 is 4.92 Å². The molecular weight excluding hydrogens is 287 g/mol. The maximum absolute atomic E-state index is 14.0. The Balaban J connectivity index is 2.02. The molecule has 0 spiro atoms. The highest BCUT2D eigenvalue weighted by Crippen LogP contribution is 2.33. The van der Waals surface area contributed by atoms with Crippen LogP contribution in [0.3, 0.4) is 0 Å². The Kier molecular flexibility index (Phi) is 3.77. The number of fused-ring (bicyclic) bond motifs is 1. The molecule has 6 heteroatoms. The van der Waals surface area contributed by atoms with Crippen molar-refractivity contribution in [3.05, 3.63) is 69.0 Å². The molecule has 0 atom stereocenters. The monoisotopic (exact) mass is 302 g/mol. The summed E-state index contributed by atoms with van der Waals surface area (Å²) in [4.78, 5) is 12.6. The first-order valence-corrected chi connectivity index (χ1v) is 6.99. The van der Waals surface area contributed by atoms with Crippen LogP contribution < -0.4 is 4.90 Å². The minimum atomic E-state index is -0.451. The molecule has 0 saturated heterocycles. The van der Waals surface area contributed by atoms with Crippen LogP contribution in [-0.2, 0) is 19.6 Å². The SMILES string of the molecule is O=[N+]([O-])c1ccc(CO)cc1N1CCc2cccc(F)c2C1. The lowest BCUT2D eigenvalue weighted by Crippen LogP contribution is -2.31. The molecular formula is C16H15FN2O3. The van der Waals surface area contributed by atoms with Crippen molar-refractivity contribution in [1.29, 1.82) is 0 Å². The van der Waals surface area contributed by atoms with E-state index in [-0.39, 0.29) is 24.7 Å². The van der Waals surface area contributed by atoms with Gasteiger partial charge in [-0.05, 0) is 35.7 Å². The molecule has 3 rings (SSSR count). The molecule has 0 amide bonds. The molecule has 2 aromatic carbocycles. The minimum absolute atomic E-state index is 0.0306. The Labute approximate surface area is 126 Å². The van der Waals surface area contributed by atoms with Crippen molar-refractivity contribution >= 4 is 11.4 Å². The highest BCUT2D eigenvalue weighted by molar-refractivity contribution is 5.65. The summed E-state index contributed by atoms with van der Waals surface area (Å²) < 4.78 is 14.0. The lowest BCUT2D eigenvalue weighted by atomic mass is 9.98. The number of anilines is 1. The van der Waals surface area contributed by atoms with Crippen LogP contribution in [-0.4, -0.2) is 16.6 Å². The van der Waals surface area contributed by atoms with Crippen molar-refractivity contribution in [2.75, 3.05) is 11.4 Å². The number of halogens is 1. The second kappa shape index (κ2) is 5.73. The lowest BCUT2D eigenvalue weighted by Gasteiger charge is -2.30. The Morgan fingerprint density at radius 2 is 2.14 bits per heavy atom. The van der Waals surface area contributed by atoms with E-state index in [1.165, 1.54) is 18.2 Å². The molecule has 0 radical (unpaired) electrons. The number of nitro benzene ring substituents is 1. The van der Waals surface area contributed by atoms with E-state index in [1.807, 2.05) is 6.07 Å². The van der Waals surface area contributed by atoms with Crippen molar-refractivity contribution in [3.63, 3.8) is 0 Å². The van der Waals surface area contributed by atoms with E-state index in [0.29, 0.717) is 29.8 Å². The Bertz CT molecular complexity index is 733. The molecule has 0 bridgehead atoms. The van der Waals surface area contributed by atoms with Gasteiger partial charge in [-0.3, -0.25) is 10.1 Å². The third kappa shape index (κ3) is 2.53. The first-order chi connectivity index (χ1) is 10.6. The number of hydrogen-bond donors (Lipinski definition) is 1. The fourth-order valence-corrected chi connectivity index (χ4v) is 2.82. The second-order valence-corrected chi connectivity index (χ2v) is 5.29. The van der Waals surface area contributed by atoms with Crippen molar-refractivity contribution in [2.45, 2.75) is 19.6 Å². The molecule has 1 aliphatic heterocycles. The third-order valence-electron chi connectivity index (χ3n) is 3.98. The number of nitrogens with zero attached hydrogens (tertiary/aromatic N) is 2. The first-order valence-electron chi connectivity index (χ1n) is 6.99. The normalized spacial score (nSPS) is 13.8. The van der Waals surface area contributed by atoms with Crippen LogP contribution >= 0.6 is 0 Å². The Hall–Kier alpha value is -2.47. The average molecular weight is 302 g/mol. The fraction of sp³-hybridized carbons (Fsp3) is 0.250. The van der Waals surface area contributed by atoms with Gasteiger partial charge in [-0.25, -0.2) is 4.39 Å². The van der Waals surface area contributed by atoms with E-state index in [9.17, 15) is 19.6 Å². The quantitative estimate of drug-likeness (QED) is 0.699.